The molecule has 0 radical (unpaired) electrons. The highest BCUT2D eigenvalue weighted by Crippen LogP contribution is 2.40. The van der Waals surface area contributed by atoms with E-state index in [-0.39, 0.29) is 17.5 Å². The molecule has 0 spiro atoms. The van der Waals surface area contributed by atoms with E-state index in [1.165, 1.54) is 30.5 Å². The van der Waals surface area contributed by atoms with Gasteiger partial charge in [-0.15, -0.1) is 0 Å². The minimum atomic E-state index is -0.254. The fraction of sp³-hybridized carbons (Fsp3) is 0.435. The van der Waals surface area contributed by atoms with Crippen LogP contribution in [-0.2, 0) is 17.8 Å². The Labute approximate surface area is 155 Å². The third-order valence-electron chi connectivity index (χ3n) is 6.22. The highest BCUT2D eigenvalue weighted by molar-refractivity contribution is 5.83. The first-order valence-corrected chi connectivity index (χ1v) is 9.67. The fourth-order valence-electron chi connectivity index (χ4n) is 4.75. The van der Waals surface area contributed by atoms with Gasteiger partial charge >= 0.3 is 0 Å². The number of rotatable bonds is 5. The summed E-state index contributed by atoms with van der Waals surface area (Å²) in [5, 5.41) is 0. The summed E-state index contributed by atoms with van der Waals surface area (Å²) in [6, 6.07) is 16.4. The van der Waals surface area contributed by atoms with Crippen LogP contribution in [0.2, 0.25) is 0 Å². The number of ketones is 1. The molecule has 4 rings (SSSR count). The monoisotopic (exact) mass is 351 g/mol. The van der Waals surface area contributed by atoms with Crippen LogP contribution in [-0.4, -0.2) is 22.8 Å². The van der Waals surface area contributed by atoms with Crippen molar-refractivity contribution in [2.75, 3.05) is 0 Å². The first-order valence-electron chi connectivity index (χ1n) is 9.67. The van der Waals surface area contributed by atoms with E-state index in [2.05, 4.69) is 35.2 Å². The molecule has 0 aromatic heterocycles. The molecule has 2 saturated heterocycles. The Hall–Kier alpha value is -2.00. The van der Waals surface area contributed by atoms with E-state index >= 15 is 0 Å². The minimum absolute atomic E-state index is 0.127. The number of hydrogen-bond acceptors (Lipinski definition) is 2. The van der Waals surface area contributed by atoms with Crippen LogP contribution in [0.3, 0.4) is 0 Å². The Bertz CT molecular complexity index is 774. The first-order chi connectivity index (χ1) is 12.6. The molecule has 3 heteroatoms. The normalized spacial score (nSPS) is 25.4. The lowest BCUT2D eigenvalue weighted by atomic mass is 9.84. The van der Waals surface area contributed by atoms with E-state index in [9.17, 15) is 9.18 Å². The van der Waals surface area contributed by atoms with Crippen LogP contribution in [0.1, 0.15) is 42.4 Å². The van der Waals surface area contributed by atoms with Gasteiger partial charge in [0.15, 0.2) is 0 Å². The van der Waals surface area contributed by atoms with Gasteiger partial charge in [-0.3, -0.25) is 9.69 Å². The zero-order valence-electron chi connectivity index (χ0n) is 15.3. The molecule has 0 N–H and O–H groups in total. The Morgan fingerprint density at radius 2 is 1.77 bits per heavy atom. The Kier molecular flexibility index (Phi) is 4.90. The van der Waals surface area contributed by atoms with Crippen LogP contribution < -0.4 is 0 Å². The number of aryl methyl sites for hydroxylation is 1. The Morgan fingerprint density at radius 3 is 2.46 bits per heavy atom. The van der Waals surface area contributed by atoms with Crippen molar-refractivity contribution in [1.82, 2.24) is 4.90 Å². The van der Waals surface area contributed by atoms with Crippen LogP contribution in [0.15, 0.2) is 48.5 Å². The van der Waals surface area contributed by atoms with Crippen LogP contribution >= 0.6 is 0 Å². The molecule has 2 aromatic rings. The second kappa shape index (κ2) is 7.32. The molecule has 2 aromatic carbocycles. The quantitative estimate of drug-likeness (QED) is 0.779. The maximum atomic E-state index is 13.5. The molecule has 2 unspecified atom stereocenters. The summed E-state index contributed by atoms with van der Waals surface area (Å²) in [6.07, 6.45) is 4.67. The van der Waals surface area contributed by atoms with Crippen LogP contribution in [0.4, 0.5) is 4.39 Å². The van der Waals surface area contributed by atoms with Gasteiger partial charge in [-0.1, -0.05) is 36.4 Å². The molecule has 2 nitrogen and oxygen atoms in total. The average Bonchev–Trinajstić information content (AvgIpc) is 2.87. The topological polar surface area (TPSA) is 20.3 Å². The molecular weight excluding hydrogens is 325 g/mol. The number of Topliss-reactive ketones (excluding diaryl/α,β-unsaturated/α-hetero) is 1. The van der Waals surface area contributed by atoms with Gasteiger partial charge in [-0.25, -0.2) is 4.39 Å². The van der Waals surface area contributed by atoms with Crippen molar-refractivity contribution in [3.05, 3.63) is 71.0 Å². The zero-order valence-corrected chi connectivity index (χ0v) is 15.3. The van der Waals surface area contributed by atoms with Crippen molar-refractivity contribution in [2.45, 2.75) is 57.7 Å². The molecule has 0 saturated carbocycles. The predicted molar refractivity (Wildman–Crippen MR) is 101 cm³/mol. The first kappa shape index (κ1) is 17.4. The lowest BCUT2D eigenvalue weighted by Crippen LogP contribution is -2.44. The molecule has 0 amide bonds. The van der Waals surface area contributed by atoms with Crippen molar-refractivity contribution in [3.63, 3.8) is 0 Å². The summed E-state index contributed by atoms with van der Waals surface area (Å²) in [4.78, 5) is 15.5. The standard InChI is InChI=1S/C23H26FNO/c1-16-7-8-20(24)11-18(16)14-23(26)19-12-21-9-10-22(13-19)25(21)15-17-5-3-2-4-6-17/h2-8,11,19,21-22H,9-10,12-15H2,1H3. The third kappa shape index (κ3) is 3.59. The number of fused-ring (bicyclic) bond motifs is 2. The fourth-order valence-corrected chi connectivity index (χ4v) is 4.75. The van der Waals surface area contributed by atoms with Crippen LogP contribution in [0, 0.1) is 18.7 Å². The van der Waals surface area contributed by atoms with E-state index in [1.54, 1.807) is 6.07 Å². The van der Waals surface area contributed by atoms with Gasteiger partial charge in [0.2, 0.25) is 0 Å². The summed E-state index contributed by atoms with van der Waals surface area (Å²) >= 11 is 0. The lowest BCUT2D eigenvalue weighted by Gasteiger charge is -2.38. The van der Waals surface area contributed by atoms with Gasteiger partial charge in [0.05, 0.1) is 0 Å². The number of halogens is 1. The van der Waals surface area contributed by atoms with Crippen molar-refractivity contribution in [2.24, 2.45) is 5.92 Å². The number of benzene rings is 2. The molecule has 0 aliphatic carbocycles. The van der Waals surface area contributed by atoms with Gasteiger partial charge in [-0.2, -0.15) is 0 Å². The van der Waals surface area contributed by atoms with Crippen molar-refractivity contribution < 1.29 is 9.18 Å². The largest absolute Gasteiger partial charge is 0.299 e. The number of piperidine rings is 1. The number of carbonyl (C=O) groups excluding carboxylic acids is 1. The maximum absolute atomic E-state index is 13.5. The van der Waals surface area contributed by atoms with Crippen LogP contribution in [0.5, 0.6) is 0 Å². The summed E-state index contributed by atoms with van der Waals surface area (Å²) < 4.78 is 13.5. The van der Waals surface area contributed by atoms with Gasteiger partial charge in [0.1, 0.15) is 11.6 Å². The zero-order chi connectivity index (χ0) is 18.1. The van der Waals surface area contributed by atoms with Gasteiger partial charge in [0.25, 0.3) is 0 Å². The van der Waals surface area contributed by atoms with Crippen molar-refractivity contribution in [3.8, 4) is 0 Å². The number of nitrogens with zero attached hydrogens (tertiary/aromatic N) is 1. The molecular formula is C23H26FNO. The molecule has 2 fully saturated rings. The smallest absolute Gasteiger partial charge is 0.140 e. The second-order valence-corrected chi connectivity index (χ2v) is 7.93. The minimum Gasteiger partial charge on any atom is -0.299 e. The molecule has 26 heavy (non-hydrogen) atoms. The van der Waals surface area contributed by atoms with Gasteiger partial charge < -0.3 is 0 Å². The molecule has 2 bridgehead atoms. The maximum Gasteiger partial charge on any atom is 0.140 e. The molecule has 2 aliphatic rings. The van der Waals surface area contributed by atoms with E-state index < -0.39 is 0 Å². The molecule has 136 valence electrons. The molecule has 2 aliphatic heterocycles. The molecule has 2 heterocycles. The highest BCUT2D eigenvalue weighted by Gasteiger charge is 2.42. The Balaban J connectivity index is 1.42. The number of hydrogen-bond donors (Lipinski definition) is 0. The second-order valence-electron chi connectivity index (χ2n) is 7.93. The van der Waals surface area contributed by atoms with Crippen LogP contribution in [0.25, 0.3) is 0 Å². The van der Waals surface area contributed by atoms with Crippen molar-refractivity contribution >= 4 is 5.78 Å². The number of carbonyl (C=O) groups is 1. The van der Waals surface area contributed by atoms with Crippen molar-refractivity contribution in [1.29, 1.82) is 0 Å². The Morgan fingerprint density at radius 1 is 1.08 bits per heavy atom. The van der Waals surface area contributed by atoms with Gasteiger partial charge in [0, 0.05) is 31.0 Å². The summed E-state index contributed by atoms with van der Waals surface area (Å²) in [6.45, 7) is 2.94. The predicted octanol–water partition coefficient (Wildman–Crippen LogP) is 4.69. The lowest BCUT2D eigenvalue weighted by molar-refractivity contribution is -0.124. The van der Waals surface area contributed by atoms with E-state index in [0.717, 1.165) is 30.5 Å². The SMILES string of the molecule is Cc1ccc(F)cc1CC(=O)C1CC2CCC(C1)N2Cc1ccccc1. The summed E-state index contributed by atoms with van der Waals surface area (Å²) in [5.74, 6) is 0.160. The van der Waals surface area contributed by atoms with E-state index in [1.807, 2.05) is 6.92 Å². The van der Waals surface area contributed by atoms with E-state index in [0.29, 0.717) is 18.5 Å². The summed E-state index contributed by atoms with van der Waals surface area (Å²) in [5.41, 5.74) is 3.20. The van der Waals surface area contributed by atoms with E-state index in [4.69, 9.17) is 0 Å². The average molecular weight is 351 g/mol. The molecule has 2 atom stereocenters. The third-order valence-corrected chi connectivity index (χ3v) is 6.22. The van der Waals surface area contributed by atoms with Gasteiger partial charge in [-0.05, 0) is 61.4 Å². The summed E-state index contributed by atoms with van der Waals surface area (Å²) in [7, 11) is 0. The highest BCUT2D eigenvalue weighted by atomic mass is 19.1.